The SMILES string of the molecule is CCC(N)C(SCC(O)CO)c1ccc(F)cc1. The monoisotopic (exact) mass is 273 g/mol. The Bertz CT molecular complexity index is 347. The first-order chi connectivity index (χ1) is 8.58. The third kappa shape index (κ3) is 4.57. The van der Waals surface area contributed by atoms with Gasteiger partial charge in [0.2, 0.25) is 0 Å². The van der Waals surface area contributed by atoms with Crippen LogP contribution >= 0.6 is 11.8 Å². The minimum absolute atomic E-state index is 0.00296. The van der Waals surface area contributed by atoms with Crippen LogP contribution in [0.15, 0.2) is 24.3 Å². The van der Waals surface area contributed by atoms with Gasteiger partial charge in [0.25, 0.3) is 0 Å². The van der Waals surface area contributed by atoms with E-state index in [2.05, 4.69) is 0 Å². The molecule has 4 N–H and O–H groups in total. The van der Waals surface area contributed by atoms with Crippen molar-refractivity contribution in [1.29, 1.82) is 0 Å². The summed E-state index contributed by atoms with van der Waals surface area (Å²) >= 11 is 1.49. The average Bonchev–Trinajstić information content (AvgIpc) is 2.40. The number of benzene rings is 1. The molecular weight excluding hydrogens is 253 g/mol. The fourth-order valence-electron chi connectivity index (χ4n) is 1.60. The molecule has 0 amide bonds. The highest BCUT2D eigenvalue weighted by molar-refractivity contribution is 7.99. The summed E-state index contributed by atoms with van der Waals surface area (Å²) in [5, 5.41) is 18.2. The lowest BCUT2D eigenvalue weighted by Gasteiger charge is -2.23. The maximum Gasteiger partial charge on any atom is 0.123 e. The largest absolute Gasteiger partial charge is 0.394 e. The minimum Gasteiger partial charge on any atom is -0.394 e. The van der Waals surface area contributed by atoms with Gasteiger partial charge < -0.3 is 15.9 Å². The molecule has 5 heteroatoms. The van der Waals surface area contributed by atoms with Gasteiger partial charge in [-0.05, 0) is 24.1 Å². The van der Waals surface area contributed by atoms with Crippen molar-refractivity contribution in [3.8, 4) is 0 Å². The van der Waals surface area contributed by atoms with E-state index in [0.717, 1.165) is 12.0 Å². The maximum atomic E-state index is 12.9. The van der Waals surface area contributed by atoms with Gasteiger partial charge in [0.1, 0.15) is 5.82 Å². The number of hydrogen-bond donors (Lipinski definition) is 3. The Morgan fingerprint density at radius 1 is 1.33 bits per heavy atom. The molecule has 0 aromatic heterocycles. The quantitative estimate of drug-likeness (QED) is 0.707. The molecule has 1 aromatic rings. The molecule has 0 aliphatic heterocycles. The number of halogens is 1. The molecule has 0 spiro atoms. The normalized spacial score (nSPS) is 16.3. The van der Waals surface area contributed by atoms with Gasteiger partial charge in [-0.1, -0.05) is 19.1 Å². The molecule has 3 atom stereocenters. The topological polar surface area (TPSA) is 66.5 Å². The first-order valence-corrected chi connectivity index (χ1v) is 7.05. The van der Waals surface area contributed by atoms with E-state index in [0.29, 0.717) is 5.75 Å². The number of rotatable bonds is 7. The lowest BCUT2D eigenvalue weighted by molar-refractivity contribution is 0.113. The molecule has 0 fully saturated rings. The van der Waals surface area contributed by atoms with Gasteiger partial charge in [-0.25, -0.2) is 4.39 Å². The zero-order valence-corrected chi connectivity index (χ0v) is 11.2. The first-order valence-electron chi connectivity index (χ1n) is 6.00. The number of hydrogen-bond acceptors (Lipinski definition) is 4. The molecule has 18 heavy (non-hydrogen) atoms. The number of aliphatic hydroxyl groups is 2. The molecule has 0 saturated carbocycles. The van der Waals surface area contributed by atoms with Crippen molar-refractivity contribution in [2.45, 2.75) is 30.7 Å². The summed E-state index contributed by atoms with van der Waals surface area (Å²) in [7, 11) is 0. The smallest absolute Gasteiger partial charge is 0.123 e. The van der Waals surface area contributed by atoms with E-state index in [-0.39, 0.29) is 23.7 Å². The van der Waals surface area contributed by atoms with E-state index in [9.17, 15) is 9.50 Å². The molecule has 3 unspecified atom stereocenters. The van der Waals surface area contributed by atoms with Crippen molar-refractivity contribution in [3.63, 3.8) is 0 Å². The summed E-state index contributed by atoms with van der Waals surface area (Å²) in [6.45, 7) is 1.73. The number of aliphatic hydroxyl groups excluding tert-OH is 2. The lowest BCUT2D eigenvalue weighted by Crippen LogP contribution is -2.27. The van der Waals surface area contributed by atoms with Gasteiger partial charge in [0, 0.05) is 17.0 Å². The van der Waals surface area contributed by atoms with E-state index >= 15 is 0 Å². The molecule has 0 radical (unpaired) electrons. The fourth-order valence-corrected chi connectivity index (χ4v) is 2.93. The second-order valence-electron chi connectivity index (χ2n) is 4.21. The van der Waals surface area contributed by atoms with Gasteiger partial charge in [0.05, 0.1) is 12.7 Å². The van der Waals surface area contributed by atoms with Crippen LogP contribution in [0.2, 0.25) is 0 Å². The standard InChI is InChI=1S/C13H20FNO2S/c1-2-12(15)13(18-8-11(17)7-16)9-3-5-10(14)6-4-9/h3-6,11-13,16-17H,2,7-8,15H2,1H3. The number of thioether (sulfide) groups is 1. The third-order valence-electron chi connectivity index (χ3n) is 2.74. The fraction of sp³-hybridized carbons (Fsp3) is 0.538. The molecule has 102 valence electrons. The van der Waals surface area contributed by atoms with Crippen molar-refractivity contribution < 1.29 is 14.6 Å². The molecule has 3 nitrogen and oxygen atoms in total. The Morgan fingerprint density at radius 2 is 1.94 bits per heavy atom. The Labute approximate surface area is 111 Å². The summed E-state index contributed by atoms with van der Waals surface area (Å²) < 4.78 is 12.9. The van der Waals surface area contributed by atoms with Gasteiger partial charge in [-0.2, -0.15) is 0 Å². The van der Waals surface area contributed by atoms with Crippen LogP contribution in [-0.4, -0.2) is 34.7 Å². The van der Waals surface area contributed by atoms with Crippen LogP contribution in [0, 0.1) is 5.82 Å². The van der Waals surface area contributed by atoms with Gasteiger partial charge in [0.15, 0.2) is 0 Å². The van der Waals surface area contributed by atoms with Crippen LogP contribution in [0.3, 0.4) is 0 Å². The van der Waals surface area contributed by atoms with E-state index in [1.807, 2.05) is 6.92 Å². The van der Waals surface area contributed by atoms with Crippen LogP contribution in [-0.2, 0) is 0 Å². The first kappa shape index (κ1) is 15.4. The molecule has 0 aliphatic rings. The zero-order valence-electron chi connectivity index (χ0n) is 10.4. The Kier molecular flexibility index (Phi) is 6.63. The Hall–Kier alpha value is -0.620. The van der Waals surface area contributed by atoms with Crippen molar-refractivity contribution in [1.82, 2.24) is 0 Å². The van der Waals surface area contributed by atoms with Crippen molar-refractivity contribution in [2.24, 2.45) is 5.73 Å². The maximum absolute atomic E-state index is 12.9. The molecule has 0 aliphatic carbocycles. The molecule has 0 bridgehead atoms. The van der Waals surface area contributed by atoms with E-state index in [4.69, 9.17) is 10.8 Å². The van der Waals surface area contributed by atoms with Gasteiger partial charge >= 0.3 is 0 Å². The van der Waals surface area contributed by atoms with E-state index in [1.165, 1.54) is 23.9 Å². The zero-order chi connectivity index (χ0) is 13.5. The lowest BCUT2D eigenvalue weighted by atomic mass is 10.0. The Balaban J connectivity index is 2.74. The summed E-state index contributed by atoms with van der Waals surface area (Å²) in [5.41, 5.74) is 7.00. The van der Waals surface area contributed by atoms with E-state index < -0.39 is 6.10 Å². The highest BCUT2D eigenvalue weighted by Crippen LogP contribution is 2.33. The van der Waals surface area contributed by atoms with Gasteiger partial charge in [-0.15, -0.1) is 11.8 Å². The summed E-state index contributed by atoms with van der Waals surface area (Å²) in [4.78, 5) is 0. The molecule has 0 saturated heterocycles. The molecule has 1 aromatic carbocycles. The molecular formula is C13H20FNO2S. The van der Waals surface area contributed by atoms with Crippen LogP contribution in [0.25, 0.3) is 0 Å². The second-order valence-corrected chi connectivity index (χ2v) is 5.39. The second kappa shape index (κ2) is 7.74. The highest BCUT2D eigenvalue weighted by Gasteiger charge is 2.20. The van der Waals surface area contributed by atoms with Crippen molar-refractivity contribution >= 4 is 11.8 Å². The van der Waals surface area contributed by atoms with Crippen LogP contribution in [0.4, 0.5) is 4.39 Å². The minimum atomic E-state index is -0.748. The Morgan fingerprint density at radius 3 is 2.44 bits per heavy atom. The van der Waals surface area contributed by atoms with Crippen LogP contribution in [0.5, 0.6) is 0 Å². The summed E-state index contributed by atoms with van der Waals surface area (Å²) in [5.74, 6) is 0.134. The molecule has 0 heterocycles. The van der Waals surface area contributed by atoms with Crippen LogP contribution in [0.1, 0.15) is 24.2 Å². The van der Waals surface area contributed by atoms with E-state index in [1.54, 1.807) is 12.1 Å². The summed E-state index contributed by atoms with van der Waals surface area (Å²) in [6, 6.07) is 6.19. The molecule has 1 rings (SSSR count). The van der Waals surface area contributed by atoms with Crippen LogP contribution < -0.4 is 5.73 Å². The predicted octanol–water partition coefficient (Wildman–Crippen LogP) is 1.69. The van der Waals surface area contributed by atoms with Crippen molar-refractivity contribution in [3.05, 3.63) is 35.6 Å². The third-order valence-corrected chi connectivity index (χ3v) is 4.30. The average molecular weight is 273 g/mol. The number of nitrogens with two attached hydrogens (primary N) is 1. The highest BCUT2D eigenvalue weighted by atomic mass is 32.2. The van der Waals surface area contributed by atoms with Gasteiger partial charge in [-0.3, -0.25) is 0 Å². The predicted molar refractivity (Wildman–Crippen MR) is 73.0 cm³/mol. The summed E-state index contributed by atoms with van der Waals surface area (Å²) in [6.07, 6.45) is 0.0478. The van der Waals surface area contributed by atoms with Crippen molar-refractivity contribution in [2.75, 3.05) is 12.4 Å².